The van der Waals surface area contributed by atoms with Crippen LogP contribution < -0.4 is 5.46 Å². The van der Waals surface area contributed by atoms with Crippen LogP contribution in [0.4, 0.5) is 0 Å². The van der Waals surface area contributed by atoms with Crippen molar-refractivity contribution in [2.24, 2.45) is 0 Å². The first-order valence-electron chi connectivity index (χ1n) is 12.2. The molecule has 0 saturated carbocycles. The standard InChI is InChI=1S/C31H35BCl2/c1-21(2)26-19-29(22(3)4)31(30(20-26)23(5)6)32(17-15-24-7-11-27(33)12-8-24)18-16-25-9-13-28(34)14-10-25/h7-23H,1-6H3/b17-15+,18-16+. The van der Waals surface area contributed by atoms with Crippen LogP contribution >= 0.6 is 23.2 Å². The highest BCUT2D eigenvalue weighted by atomic mass is 35.5. The zero-order chi connectivity index (χ0) is 24.8. The van der Waals surface area contributed by atoms with Crippen molar-refractivity contribution in [3.8, 4) is 0 Å². The molecule has 0 aliphatic heterocycles. The van der Waals surface area contributed by atoms with Gasteiger partial charge in [0.15, 0.2) is 0 Å². The van der Waals surface area contributed by atoms with Crippen molar-refractivity contribution >= 4 is 47.5 Å². The molecule has 0 saturated heterocycles. The van der Waals surface area contributed by atoms with E-state index in [1.165, 1.54) is 22.2 Å². The summed E-state index contributed by atoms with van der Waals surface area (Å²) in [5.74, 6) is 6.00. The van der Waals surface area contributed by atoms with E-state index < -0.39 is 0 Å². The predicted octanol–water partition coefficient (Wildman–Crippen LogP) is 9.57. The molecule has 0 heterocycles. The summed E-state index contributed by atoms with van der Waals surface area (Å²) in [6.45, 7) is 13.9. The van der Waals surface area contributed by atoms with Crippen LogP contribution in [0.25, 0.3) is 12.2 Å². The van der Waals surface area contributed by atoms with Crippen LogP contribution in [0.2, 0.25) is 10.0 Å². The molecular weight excluding hydrogens is 454 g/mol. The van der Waals surface area contributed by atoms with Gasteiger partial charge in [-0.1, -0.05) is 119 Å². The summed E-state index contributed by atoms with van der Waals surface area (Å²) in [4.78, 5) is 0. The maximum absolute atomic E-state index is 6.11. The maximum atomic E-state index is 6.11. The Morgan fingerprint density at radius 1 is 0.588 bits per heavy atom. The third kappa shape index (κ3) is 6.90. The van der Waals surface area contributed by atoms with E-state index in [2.05, 4.69) is 102 Å². The van der Waals surface area contributed by atoms with E-state index in [0.717, 1.165) is 21.2 Å². The van der Waals surface area contributed by atoms with E-state index in [1.54, 1.807) is 0 Å². The molecule has 0 radical (unpaired) electrons. The average Bonchev–Trinajstić information content (AvgIpc) is 2.80. The Bertz CT molecular complexity index is 1050. The lowest BCUT2D eigenvalue weighted by atomic mass is 9.41. The summed E-state index contributed by atoms with van der Waals surface area (Å²) in [6, 6.07) is 20.9. The molecule has 0 aromatic heterocycles. The van der Waals surface area contributed by atoms with Gasteiger partial charge in [-0.05, 0) is 69.8 Å². The molecule has 0 nitrogen and oxygen atoms in total. The second-order valence-corrected chi connectivity index (χ2v) is 10.8. The molecular formula is C31H35BCl2. The first kappa shape index (κ1) is 26.4. The quantitative estimate of drug-likeness (QED) is 0.277. The minimum absolute atomic E-state index is 0.141. The highest BCUT2D eigenvalue weighted by molar-refractivity contribution is 6.83. The van der Waals surface area contributed by atoms with Gasteiger partial charge in [-0.15, -0.1) is 12.0 Å². The van der Waals surface area contributed by atoms with Crippen molar-refractivity contribution in [2.45, 2.75) is 59.3 Å². The lowest BCUT2D eigenvalue weighted by Crippen LogP contribution is -2.35. The largest absolute Gasteiger partial charge is 0.227 e. The van der Waals surface area contributed by atoms with Gasteiger partial charge in [0, 0.05) is 10.0 Å². The van der Waals surface area contributed by atoms with Gasteiger partial charge in [0.25, 0.3) is 0 Å². The second kappa shape index (κ2) is 12.0. The van der Waals surface area contributed by atoms with E-state index >= 15 is 0 Å². The number of benzene rings is 3. The van der Waals surface area contributed by atoms with E-state index in [-0.39, 0.29) is 6.71 Å². The Morgan fingerprint density at radius 2 is 0.971 bits per heavy atom. The Kier molecular flexibility index (Phi) is 9.28. The molecule has 0 spiro atoms. The molecule has 3 aromatic carbocycles. The van der Waals surface area contributed by atoms with E-state index in [0.29, 0.717) is 17.8 Å². The first-order valence-corrected chi connectivity index (χ1v) is 13.0. The highest BCUT2D eigenvalue weighted by Gasteiger charge is 2.23. The molecule has 0 unspecified atom stereocenters. The summed E-state index contributed by atoms with van der Waals surface area (Å²) >= 11 is 12.2. The molecule has 0 amide bonds. The van der Waals surface area contributed by atoms with Gasteiger partial charge in [0.1, 0.15) is 0 Å². The van der Waals surface area contributed by atoms with Crippen LogP contribution in [0.15, 0.2) is 72.6 Å². The van der Waals surface area contributed by atoms with Crippen molar-refractivity contribution in [3.63, 3.8) is 0 Å². The van der Waals surface area contributed by atoms with Crippen LogP contribution in [-0.4, -0.2) is 6.71 Å². The highest BCUT2D eigenvalue weighted by Crippen LogP contribution is 2.27. The van der Waals surface area contributed by atoms with Crippen LogP contribution in [-0.2, 0) is 0 Å². The summed E-state index contributed by atoms with van der Waals surface area (Å²) < 4.78 is 0. The molecule has 0 aliphatic carbocycles. The molecule has 3 aromatic rings. The number of hydrogen-bond donors (Lipinski definition) is 0. The fraction of sp³-hybridized carbons (Fsp3) is 0.290. The van der Waals surface area contributed by atoms with Gasteiger partial charge in [-0.3, -0.25) is 0 Å². The fourth-order valence-corrected chi connectivity index (χ4v) is 4.48. The van der Waals surface area contributed by atoms with Gasteiger partial charge in [-0.2, -0.15) is 0 Å². The Morgan fingerprint density at radius 3 is 1.29 bits per heavy atom. The predicted molar refractivity (Wildman–Crippen MR) is 155 cm³/mol. The molecule has 176 valence electrons. The van der Waals surface area contributed by atoms with Gasteiger partial charge >= 0.3 is 0 Å². The molecule has 0 N–H and O–H groups in total. The zero-order valence-corrected chi connectivity index (χ0v) is 22.7. The Hall–Kier alpha value is -2.22. The average molecular weight is 489 g/mol. The molecule has 0 aliphatic rings. The van der Waals surface area contributed by atoms with Crippen molar-refractivity contribution in [2.75, 3.05) is 0 Å². The van der Waals surface area contributed by atoms with Crippen LogP contribution in [0.3, 0.4) is 0 Å². The third-order valence-corrected chi connectivity index (χ3v) is 6.75. The summed E-state index contributed by atoms with van der Waals surface area (Å²) in [7, 11) is 0. The van der Waals surface area contributed by atoms with E-state index in [4.69, 9.17) is 23.2 Å². The molecule has 0 atom stereocenters. The minimum Gasteiger partial charge on any atom is -0.105 e. The minimum atomic E-state index is 0.141. The van der Waals surface area contributed by atoms with Crippen molar-refractivity contribution in [1.82, 2.24) is 0 Å². The van der Waals surface area contributed by atoms with Gasteiger partial charge in [-0.25, -0.2) is 0 Å². The van der Waals surface area contributed by atoms with E-state index in [9.17, 15) is 0 Å². The molecule has 3 rings (SSSR count). The van der Waals surface area contributed by atoms with E-state index in [1.807, 2.05) is 24.3 Å². The Balaban J connectivity index is 2.17. The lowest BCUT2D eigenvalue weighted by molar-refractivity contribution is 0.812. The van der Waals surface area contributed by atoms with Crippen LogP contribution in [0.5, 0.6) is 0 Å². The van der Waals surface area contributed by atoms with Gasteiger partial charge in [0.05, 0.1) is 0 Å². The SMILES string of the molecule is CC(C)c1cc(C(C)C)c(B(/C=C/c2ccc(Cl)cc2)/C=C/c2ccc(Cl)cc2)c(C(C)C)c1. The second-order valence-electron chi connectivity index (χ2n) is 9.92. The number of rotatable bonds is 8. The van der Waals surface area contributed by atoms with Gasteiger partial charge < -0.3 is 0 Å². The lowest BCUT2D eigenvalue weighted by Gasteiger charge is -2.25. The van der Waals surface area contributed by atoms with Gasteiger partial charge in [0.2, 0.25) is 6.71 Å². The van der Waals surface area contributed by atoms with Crippen molar-refractivity contribution in [3.05, 3.63) is 110 Å². The first-order chi connectivity index (χ1) is 16.2. The third-order valence-electron chi connectivity index (χ3n) is 6.24. The normalized spacial score (nSPS) is 12.1. The molecule has 3 heteroatoms. The molecule has 0 bridgehead atoms. The zero-order valence-electron chi connectivity index (χ0n) is 21.1. The fourth-order valence-electron chi connectivity index (χ4n) is 4.23. The summed E-state index contributed by atoms with van der Waals surface area (Å²) in [6.07, 6.45) is 4.41. The topological polar surface area (TPSA) is 0 Å². The summed E-state index contributed by atoms with van der Waals surface area (Å²) in [5, 5.41) is 1.51. The monoisotopic (exact) mass is 488 g/mol. The molecule has 34 heavy (non-hydrogen) atoms. The smallest absolute Gasteiger partial charge is 0.105 e. The Labute approximate surface area is 216 Å². The van der Waals surface area contributed by atoms with Crippen LogP contribution in [0, 0.1) is 0 Å². The molecule has 0 fully saturated rings. The number of halogens is 2. The van der Waals surface area contributed by atoms with Crippen LogP contribution in [0.1, 0.15) is 87.1 Å². The van der Waals surface area contributed by atoms with Crippen molar-refractivity contribution in [1.29, 1.82) is 0 Å². The maximum Gasteiger partial charge on any atom is 0.227 e. The summed E-state index contributed by atoms with van der Waals surface area (Å²) in [5.41, 5.74) is 7.99. The number of hydrogen-bond acceptors (Lipinski definition) is 0. The van der Waals surface area contributed by atoms with Crippen molar-refractivity contribution < 1.29 is 0 Å².